The molecular weight excluding hydrogens is 384 g/mol. The van der Waals surface area contributed by atoms with Gasteiger partial charge >= 0.3 is 5.97 Å². The zero-order valence-electron chi connectivity index (χ0n) is 14.6. The van der Waals surface area contributed by atoms with Crippen LogP contribution in [0.5, 0.6) is 0 Å². The van der Waals surface area contributed by atoms with Gasteiger partial charge in [0.05, 0.1) is 5.56 Å². The molecule has 8 heteroatoms. The van der Waals surface area contributed by atoms with Crippen molar-refractivity contribution in [3.63, 3.8) is 0 Å². The second-order valence-corrected chi connectivity index (χ2v) is 7.26. The average molecular weight is 397 g/mol. The van der Waals surface area contributed by atoms with Crippen LogP contribution in [0.25, 0.3) is 17.0 Å². The quantitative estimate of drug-likeness (QED) is 0.534. The Labute approximate surface area is 162 Å². The minimum atomic E-state index is -1.06. The molecule has 28 heavy (non-hydrogen) atoms. The van der Waals surface area contributed by atoms with Crippen LogP contribution in [0.4, 0.5) is 8.78 Å². The van der Waals surface area contributed by atoms with Gasteiger partial charge < -0.3 is 5.11 Å². The number of benzene rings is 2. The molecule has 0 fully saturated rings. The van der Waals surface area contributed by atoms with Crippen LogP contribution in [-0.2, 0) is 0 Å². The number of nitrogens with zero attached hydrogens (tertiary/aromatic N) is 3. The molecule has 2 heterocycles. The molecule has 0 spiro atoms. The number of pyridine rings is 1. The molecule has 1 N–H and O–H groups in total. The lowest BCUT2D eigenvalue weighted by Gasteiger charge is -2.08. The Morgan fingerprint density at radius 3 is 2.64 bits per heavy atom. The highest BCUT2D eigenvalue weighted by atomic mass is 32.2. The third kappa shape index (κ3) is 3.34. The van der Waals surface area contributed by atoms with Crippen LogP contribution in [0.2, 0.25) is 0 Å². The Morgan fingerprint density at radius 2 is 1.89 bits per heavy atom. The molecule has 0 saturated heterocycles. The normalized spacial score (nSPS) is 11.1. The van der Waals surface area contributed by atoms with Crippen LogP contribution in [0.1, 0.15) is 15.9 Å². The molecule has 5 nitrogen and oxygen atoms in total. The topological polar surface area (TPSA) is 67.5 Å². The summed E-state index contributed by atoms with van der Waals surface area (Å²) in [7, 11) is 0. The van der Waals surface area contributed by atoms with Crippen LogP contribution in [0.15, 0.2) is 64.5 Å². The first kappa shape index (κ1) is 18.1. The zero-order valence-corrected chi connectivity index (χ0v) is 15.4. The highest BCUT2D eigenvalue weighted by Gasteiger charge is 2.17. The largest absolute Gasteiger partial charge is 0.478 e. The lowest BCUT2D eigenvalue weighted by molar-refractivity contribution is 0.0697. The second-order valence-electron chi connectivity index (χ2n) is 6.15. The molecule has 0 aliphatic heterocycles. The summed E-state index contributed by atoms with van der Waals surface area (Å²) in [6.45, 7) is 1.86. The minimum Gasteiger partial charge on any atom is -0.478 e. The van der Waals surface area contributed by atoms with Crippen LogP contribution in [0, 0.1) is 18.6 Å². The molecule has 0 saturated carbocycles. The van der Waals surface area contributed by atoms with E-state index < -0.39 is 17.6 Å². The van der Waals surface area contributed by atoms with Crippen molar-refractivity contribution >= 4 is 23.4 Å². The Hall–Kier alpha value is -3.26. The molecule has 0 amide bonds. The van der Waals surface area contributed by atoms with Gasteiger partial charge in [0, 0.05) is 27.6 Å². The Kier molecular flexibility index (Phi) is 4.56. The molecular formula is C20H13F2N3O2S. The van der Waals surface area contributed by atoms with Gasteiger partial charge in [-0.1, -0.05) is 23.4 Å². The highest BCUT2D eigenvalue weighted by molar-refractivity contribution is 7.99. The van der Waals surface area contributed by atoms with Crippen molar-refractivity contribution in [1.29, 1.82) is 0 Å². The summed E-state index contributed by atoms with van der Waals surface area (Å²) in [5.74, 6) is -1.98. The van der Waals surface area contributed by atoms with Crippen molar-refractivity contribution < 1.29 is 18.7 Å². The summed E-state index contributed by atoms with van der Waals surface area (Å²) in [5, 5.41) is 17.7. The number of aromatic carboxylic acids is 1. The maximum Gasteiger partial charge on any atom is 0.336 e. The van der Waals surface area contributed by atoms with Crippen LogP contribution in [0.3, 0.4) is 0 Å². The van der Waals surface area contributed by atoms with E-state index in [1.165, 1.54) is 18.2 Å². The monoisotopic (exact) mass is 397 g/mol. The lowest BCUT2D eigenvalue weighted by Crippen LogP contribution is -2.02. The first-order valence-corrected chi connectivity index (χ1v) is 9.06. The van der Waals surface area contributed by atoms with Gasteiger partial charge in [-0.15, -0.1) is 10.2 Å². The minimum absolute atomic E-state index is 0.113. The zero-order chi connectivity index (χ0) is 19.8. The number of aromatic nitrogens is 3. The van der Waals surface area contributed by atoms with E-state index >= 15 is 0 Å². The first-order chi connectivity index (χ1) is 13.4. The SMILES string of the molecule is Cc1ccc(C(=O)O)c(-c2nnc3ccc(Sc4ccc(F)cc4F)cn23)c1. The third-order valence-electron chi connectivity index (χ3n) is 4.14. The van der Waals surface area contributed by atoms with Crippen molar-refractivity contribution in [1.82, 2.24) is 14.6 Å². The number of carbonyl (C=O) groups is 1. The fraction of sp³-hybridized carbons (Fsp3) is 0.0500. The molecule has 4 rings (SSSR count). The van der Waals surface area contributed by atoms with Crippen molar-refractivity contribution in [2.24, 2.45) is 0 Å². The van der Waals surface area contributed by atoms with Crippen molar-refractivity contribution in [2.75, 3.05) is 0 Å². The molecule has 140 valence electrons. The fourth-order valence-electron chi connectivity index (χ4n) is 2.83. The van der Waals surface area contributed by atoms with Gasteiger partial charge in [-0.3, -0.25) is 4.40 Å². The number of fused-ring (bicyclic) bond motifs is 1. The number of rotatable bonds is 4. The van der Waals surface area contributed by atoms with E-state index in [0.717, 1.165) is 23.4 Å². The van der Waals surface area contributed by atoms with Gasteiger partial charge in [0.25, 0.3) is 0 Å². The fourth-order valence-corrected chi connectivity index (χ4v) is 3.67. The molecule has 0 radical (unpaired) electrons. The number of halogens is 2. The third-order valence-corrected chi connectivity index (χ3v) is 5.17. The van der Waals surface area contributed by atoms with Crippen molar-refractivity contribution in [2.45, 2.75) is 16.7 Å². The second kappa shape index (κ2) is 7.05. The molecule has 2 aromatic heterocycles. The van der Waals surface area contributed by atoms with Gasteiger partial charge in [-0.25, -0.2) is 13.6 Å². The van der Waals surface area contributed by atoms with E-state index in [2.05, 4.69) is 10.2 Å². The number of aryl methyl sites for hydroxylation is 1. The molecule has 0 atom stereocenters. The van der Waals surface area contributed by atoms with Crippen molar-refractivity contribution in [3.05, 3.63) is 77.5 Å². The Morgan fingerprint density at radius 1 is 1.07 bits per heavy atom. The lowest BCUT2D eigenvalue weighted by atomic mass is 10.0. The van der Waals surface area contributed by atoms with E-state index in [4.69, 9.17) is 0 Å². The average Bonchev–Trinajstić information content (AvgIpc) is 3.07. The van der Waals surface area contributed by atoms with Crippen LogP contribution in [-0.4, -0.2) is 25.7 Å². The molecule has 2 aromatic carbocycles. The summed E-state index contributed by atoms with van der Waals surface area (Å²) < 4.78 is 28.7. The summed E-state index contributed by atoms with van der Waals surface area (Å²) in [5.41, 5.74) is 1.96. The predicted molar refractivity (Wildman–Crippen MR) is 101 cm³/mol. The number of hydrogen-bond acceptors (Lipinski definition) is 4. The van der Waals surface area contributed by atoms with E-state index in [-0.39, 0.29) is 10.5 Å². The van der Waals surface area contributed by atoms with E-state index in [1.54, 1.807) is 34.9 Å². The molecule has 4 aromatic rings. The maximum absolute atomic E-state index is 14.0. The standard InChI is InChI=1S/C20H13F2N3O2S/c1-11-2-5-14(20(26)27)15(8-11)19-24-23-18-7-4-13(10-25(18)19)28-17-6-3-12(21)9-16(17)22/h2-10H,1H3,(H,26,27). The Balaban J connectivity index is 1.81. The van der Waals surface area contributed by atoms with Crippen LogP contribution < -0.4 is 0 Å². The van der Waals surface area contributed by atoms with Crippen molar-refractivity contribution in [3.8, 4) is 11.4 Å². The summed E-state index contributed by atoms with van der Waals surface area (Å²) >= 11 is 1.12. The highest BCUT2D eigenvalue weighted by Crippen LogP contribution is 2.32. The van der Waals surface area contributed by atoms with E-state index in [9.17, 15) is 18.7 Å². The van der Waals surface area contributed by atoms with Gasteiger partial charge in [0.15, 0.2) is 11.5 Å². The maximum atomic E-state index is 14.0. The predicted octanol–water partition coefficient (Wildman–Crippen LogP) is 4.83. The first-order valence-electron chi connectivity index (χ1n) is 8.24. The number of hydrogen-bond donors (Lipinski definition) is 1. The van der Waals surface area contributed by atoms with Gasteiger partial charge in [-0.2, -0.15) is 0 Å². The summed E-state index contributed by atoms with van der Waals surface area (Å²) in [6, 6.07) is 11.8. The number of carboxylic acid groups (broad SMARTS) is 1. The molecule has 0 aliphatic carbocycles. The smallest absolute Gasteiger partial charge is 0.336 e. The van der Waals surface area contributed by atoms with E-state index in [1.807, 2.05) is 6.92 Å². The molecule has 0 aliphatic rings. The van der Waals surface area contributed by atoms with Gasteiger partial charge in [0.1, 0.15) is 11.6 Å². The summed E-state index contributed by atoms with van der Waals surface area (Å²) in [4.78, 5) is 12.5. The molecule has 0 unspecified atom stereocenters. The van der Waals surface area contributed by atoms with Gasteiger partial charge in [-0.05, 0) is 43.3 Å². The number of carboxylic acids is 1. The Bertz CT molecular complexity index is 1220. The molecule has 0 bridgehead atoms. The van der Waals surface area contributed by atoms with Crippen LogP contribution >= 0.6 is 11.8 Å². The van der Waals surface area contributed by atoms with Gasteiger partial charge in [0.2, 0.25) is 0 Å². The van der Waals surface area contributed by atoms with E-state index in [0.29, 0.717) is 21.9 Å². The summed E-state index contributed by atoms with van der Waals surface area (Å²) in [6.07, 6.45) is 1.70.